The van der Waals surface area contributed by atoms with Crippen molar-refractivity contribution in [1.29, 1.82) is 0 Å². The molecule has 0 aliphatic carbocycles. The Labute approximate surface area is 80.0 Å². The van der Waals surface area contributed by atoms with Crippen LogP contribution < -0.4 is 0 Å². The molecule has 0 spiro atoms. The van der Waals surface area contributed by atoms with Gasteiger partial charge in [-0.15, -0.1) is 0 Å². The fourth-order valence-corrected chi connectivity index (χ4v) is 1.14. The van der Waals surface area contributed by atoms with E-state index in [1.807, 2.05) is 0 Å². The molecule has 0 atom stereocenters. The van der Waals surface area contributed by atoms with E-state index in [1.54, 1.807) is 13.1 Å². The van der Waals surface area contributed by atoms with Crippen LogP contribution in [0, 0.1) is 0 Å². The second-order valence-electron chi connectivity index (χ2n) is 3.15. The van der Waals surface area contributed by atoms with Crippen molar-refractivity contribution >= 4 is 5.97 Å². The van der Waals surface area contributed by atoms with Gasteiger partial charge < -0.3 is 10.0 Å². The van der Waals surface area contributed by atoms with Crippen molar-refractivity contribution in [3.05, 3.63) is 11.8 Å². The second kappa shape index (κ2) is 6.52. The largest absolute Gasteiger partial charge is 0.478 e. The zero-order chi connectivity index (χ0) is 10.3. The first-order valence-corrected chi connectivity index (χ1v) is 4.77. The van der Waals surface area contributed by atoms with Gasteiger partial charge in [-0.05, 0) is 19.8 Å². The van der Waals surface area contributed by atoms with Gasteiger partial charge in [0.1, 0.15) is 0 Å². The molecule has 0 heterocycles. The molecule has 3 nitrogen and oxygen atoms in total. The summed E-state index contributed by atoms with van der Waals surface area (Å²) in [7, 11) is 0. The van der Waals surface area contributed by atoms with Gasteiger partial charge in [0.15, 0.2) is 0 Å². The zero-order valence-corrected chi connectivity index (χ0v) is 8.71. The van der Waals surface area contributed by atoms with Crippen LogP contribution in [0.1, 0.15) is 33.6 Å². The Morgan fingerprint density at radius 1 is 1.31 bits per heavy atom. The lowest BCUT2D eigenvalue weighted by Gasteiger charge is -2.19. The van der Waals surface area contributed by atoms with Gasteiger partial charge in [0.2, 0.25) is 0 Å². The zero-order valence-electron chi connectivity index (χ0n) is 8.71. The maximum absolute atomic E-state index is 10.5. The fraction of sp³-hybridized carbons (Fsp3) is 0.700. The number of rotatable bonds is 6. The highest BCUT2D eigenvalue weighted by atomic mass is 16.4. The predicted molar refractivity (Wildman–Crippen MR) is 53.5 cm³/mol. The molecule has 0 aromatic carbocycles. The van der Waals surface area contributed by atoms with Crippen LogP contribution in [0.2, 0.25) is 0 Å². The lowest BCUT2D eigenvalue weighted by atomic mass is 10.3. The van der Waals surface area contributed by atoms with Gasteiger partial charge in [0.25, 0.3) is 0 Å². The quantitative estimate of drug-likeness (QED) is 0.644. The smallest absolute Gasteiger partial charge is 0.332 e. The summed E-state index contributed by atoms with van der Waals surface area (Å²) >= 11 is 0. The summed E-state index contributed by atoms with van der Waals surface area (Å²) in [5.74, 6) is -0.836. The van der Waals surface area contributed by atoms with E-state index < -0.39 is 5.97 Å². The maximum Gasteiger partial charge on any atom is 0.332 e. The van der Waals surface area contributed by atoms with E-state index >= 15 is 0 Å². The molecule has 0 radical (unpaired) electrons. The van der Waals surface area contributed by atoms with Crippen molar-refractivity contribution in [2.45, 2.75) is 33.6 Å². The molecule has 0 aliphatic heterocycles. The van der Waals surface area contributed by atoms with Gasteiger partial charge in [-0.1, -0.05) is 13.8 Å². The van der Waals surface area contributed by atoms with Crippen LogP contribution >= 0.6 is 0 Å². The van der Waals surface area contributed by atoms with Crippen molar-refractivity contribution in [1.82, 2.24) is 4.90 Å². The number of nitrogens with zero attached hydrogens (tertiary/aromatic N) is 1. The number of aliphatic carboxylic acids is 1. The Morgan fingerprint density at radius 2 is 1.77 bits per heavy atom. The Hall–Kier alpha value is -0.990. The van der Waals surface area contributed by atoms with Crippen molar-refractivity contribution in [2.24, 2.45) is 0 Å². The first-order valence-electron chi connectivity index (χ1n) is 4.77. The van der Waals surface area contributed by atoms with Crippen molar-refractivity contribution < 1.29 is 9.90 Å². The van der Waals surface area contributed by atoms with Crippen LogP contribution in [0.3, 0.4) is 0 Å². The molecule has 0 aromatic rings. The molecule has 0 bridgehead atoms. The summed E-state index contributed by atoms with van der Waals surface area (Å²) in [6, 6.07) is 0. The summed E-state index contributed by atoms with van der Waals surface area (Å²) in [6.45, 7) is 7.66. The highest BCUT2D eigenvalue weighted by Crippen LogP contribution is 2.00. The van der Waals surface area contributed by atoms with E-state index in [4.69, 9.17) is 5.11 Å². The Morgan fingerprint density at radius 3 is 2.08 bits per heavy atom. The minimum atomic E-state index is -0.836. The van der Waals surface area contributed by atoms with Crippen LogP contribution in [0.4, 0.5) is 0 Å². The standard InChI is InChI=1S/C10H19NO2/c1-4-6-11(7-5-2)8-9(3)10(12)13/h8H,4-7H2,1-3H3,(H,12,13)/b9-8+. The van der Waals surface area contributed by atoms with E-state index in [9.17, 15) is 4.79 Å². The maximum atomic E-state index is 10.5. The highest BCUT2D eigenvalue weighted by molar-refractivity contribution is 5.85. The van der Waals surface area contributed by atoms with Crippen molar-refractivity contribution in [3.8, 4) is 0 Å². The molecule has 76 valence electrons. The third kappa shape index (κ3) is 5.28. The number of hydrogen-bond donors (Lipinski definition) is 1. The summed E-state index contributed by atoms with van der Waals surface area (Å²) in [6.07, 6.45) is 3.82. The third-order valence-electron chi connectivity index (χ3n) is 1.74. The molecule has 13 heavy (non-hydrogen) atoms. The summed E-state index contributed by atoms with van der Waals surface area (Å²) in [5.41, 5.74) is 0.405. The number of carboxylic acid groups (broad SMARTS) is 1. The SMILES string of the molecule is CCCN(/C=C(\C)C(=O)O)CCC. The molecule has 1 N–H and O–H groups in total. The van der Waals surface area contributed by atoms with Gasteiger partial charge in [0.05, 0.1) is 0 Å². The monoisotopic (exact) mass is 185 g/mol. The van der Waals surface area contributed by atoms with Gasteiger partial charge in [-0.3, -0.25) is 0 Å². The minimum Gasteiger partial charge on any atom is -0.478 e. The summed E-state index contributed by atoms with van der Waals surface area (Å²) in [4.78, 5) is 12.6. The number of carboxylic acids is 1. The van der Waals surface area contributed by atoms with E-state index in [0.29, 0.717) is 5.57 Å². The molecular weight excluding hydrogens is 166 g/mol. The van der Waals surface area contributed by atoms with Gasteiger partial charge in [-0.25, -0.2) is 4.79 Å². The van der Waals surface area contributed by atoms with Gasteiger partial charge in [-0.2, -0.15) is 0 Å². The second-order valence-corrected chi connectivity index (χ2v) is 3.15. The summed E-state index contributed by atoms with van der Waals surface area (Å²) < 4.78 is 0. The molecule has 0 fully saturated rings. The third-order valence-corrected chi connectivity index (χ3v) is 1.74. The van der Waals surface area contributed by atoms with E-state index in [0.717, 1.165) is 25.9 Å². The van der Waals surface area contributed by atoms with Gasteiger partial charge in [0, 0.05) is 24.9 Å². The van der Waals surface area contributed by atoms with Crippen molar-refractivity contribution in [2.75, 3.05) is 13.1 Å². The summed E-state index contributed by atoms with van der Waals surface area (Å²) in [5, 5.41) is 8.67. The predicted octanol–water partition coefficient (Wildman–Crippen LogP) is 2.10. The number of hydrogen-bond acceptors (Lipinski definition) is 2. The first-order chi connectivity index (χ1) is 6.11. The average molecular weight is 185 g/mol. The molecule has 0 rings (SSSR count). The molecule has 0 unspecified atom stereocenters. The van der Waals surface area contributed by atoms with E-state index in [-0.39, 0.29) is 0 Å². The number of carbonyl (C=O) groups is 1. The Balaban J connectivity index is 4.20. The van der Waals surface area contributed by atoms with Crippen LogP contribution in [0.15, 0.2) is 11.8 Å². The van der Waals surface area contributed by atoms with Crippen LogP contribution in [0.25, 0.3) is 0 Å². The average Bonchev–Trinajstić information content (AvgIpc) is 2.05. The van der Waals surface area contributed by atoms with Gasteiger partial charge >= 0.3 is 5.97 Å². The van der Waals surface area contributed by atoms with Crippen LogP contribution in [-0.4, -0.2) is 29.1 Å². The first kappa shape index (κ1) is 12.0. The van der Waals surface area contributed by atoms with Crippen LogP contribution in [-0.2, 0) is 4.79 Å². The van der Waals surface area contributed by atoms with E-state index in [2.05, 4.69) is 18.7 Å². The highest BCUT2D eigenvalue weighted by Gasteiger charge is 2.02. The lowest BCUT2D eigenvalue weighted by Crippen LogP contribution is -2.20. The Kier molecular flexibility index (Phi) is 6.02. The molecule has 0 saturated heterocycles. The molecule has 0 amide bonds. The minimum absolute atomic E-state index is 0.405. The topological polar surface area (TPSA) is 40.5 Å². The molecule has 0 aromatic heterocycles. The molecule has 0 aliphatic rings. The lowest BCUT2D eigenvalue weighted by molar-refractivity contribution is -0.132. The molecular formula is C10H19NO2. The van der Waals surface area contributed by atoms with E-state index in [1.165, 1.54) is 0 Å². The normalized spacial score (nSPS) is 11.5. The Bertz CT molecular complexity index is 181. The molecule has 3 heteroatoms. The molecule has 0 saturated carbocycles. The van der Waals surface area contributed by atoms with Crippen LogP contribution in [0.5, 0.6) is 0 Å². The van der Waals surface area contributed by atoms with Crippen molar-refractivity contribution in [3.63, 3.8) is 0 Å². The fourth-order valence-electron chi connectivity index (χ4n) is 1.14.